The van der Waals surface area contributed by atoms with Crippen LogP contribution in [0.5, 0.6) is 0 Å². The Morgan fingerprint density at radius 3 is 2.47 bits per heavy atom. The zero-order chi connectivity index (χ0) is 12.1. The Hall–Kier alpha value is -1.12. The molecule has 1 aliphatic rings. The molecule has 3 heteroatoms. The Balaban J connectivity index is 1.90. The van der Waals surface area contributed by atoms with Gasteiger partial charge in [-0.15, -0.1) is 0 Å². The number of hydrogen-bond donors (Lipinski definition) is 1. The Kier molecular flexibility index (Phi) is 4.35. The summed E-state index contributed by atoms with van der Waals surface area (Å²) in [6.45, 7) is 0.750. The molecule has 1 nitrogen and oxygen atoms in total. The molecule has 1 aliphatic carbocycles. The van der Waals surface area contributed by atoms with Crippen molar-refractivity contribution in [3.63, 3.8) is 0 Å². The van der Waals surface area contributed by atoms with E-state index in [4.69, 9.17) is 0 Å². The normalized spacial score (nSPS) is 17.8. The molecule has 2 rings (SSSR count). The van der Waals surface area contributed by atoms with Crippen molar-refractivity contribution < 1.29 is 8.78 Å². The van der Waals surface area contributed by atoms with Gasteiger partial charge in [0.05, 0.1) is 5.69 Å². The third-order valence-corrected chi connectivity index (χ3v) is 3.51. The molecular weight excluding hydrogens is 220 g/mol. The smallest absolute Gasteiger partial charge is 0.181 e. The Morgan fingerprint density at radius 2 is 1.76 bits per heavy atom. The summed E-state index contributed by atoms with van der Waals surface area (Å²) in [4.78, 5) is 0. The zero-order valence-corrected chi connectivity index (χ0v) is 10.0. The first-order valence-electron chi connectivity index (χ1n) is 6.45. The van der Waals surface area contributed by atoms with Crippen molar-refractivity contribution in [1.82, 2.24) is 0 Å². The molecule has 1 aromatic carbocycles. The summed E-state index contributed by atoms with van der Waals surface area (Å²) >= 11 is 0. The highest BCUT2D eigenvalue weighted by atomic mass is 19.2. The maximum atomic E-state index is 13.4. The summed E-state index contributed by atoms with van der Waals surface area (Å²) in [6, 6.07) is 4.27. The van der Waals surface area contributed by atoms with Crippen LogP contribution >= 0.6 is 0 Å². The van der Waals surface area contributed by atoms with Crippen LogP contribution < -0.4 is 5.32 Å². The maximum Gasteiger partial charge on any atom is 0.181 e. The lowest BCUT2D eigenvalue weighted by atomic mass is 10.0. The van der Waals surface area contributed by atoms with Gasteiger partial charge >= 0.3 is 0 Å². The van der Waals surface area contributed by atoms with Crippen LogP contribution in [0.3, 0.4) is 0 Å². The second kappa shape index (κ2) is 5.99. The van der Waals surface area contributed by atoms with Gasteiger partial charge in [0.2, 0.25) is 0 Å². The van der Waals surface area contributed by atoms with E-state index in [1.807, 2.05) is 0 Å². The summed E-state index contributed by atoms with van der Waals surface area (Å²) in [5.41, 5.74) is 0.286. The highest BCUT2D eigenvalue weighted by Crippen LogP contribution is 2.24. The molecule has 0 spiro atoms. The van der Waals surface area contributed by atoms with Crippen molar-refractivity contribution in [3.05, 3.63) is 29.8 Å². The van der Waals surface area contributed by atoms with Gasteiger partial charge < -0.3 is 5.32 Å². The molecule has 1 aromatic rings. The van der Waals surface area contributed by atoms with Gasteiger partial charge in [-0.25, -0.2) is 8.78 Å². The van der Waals surface area contributed by atoms with Crippen LogP contribution in [0.1, 0.15) is 38.5 Å². The van der Waals surface area contributed by atoms with Crippen molar-refractivity contribution in [1.29, 1.82) is 0 Å². The van der Waals surface area contributed by atoms with E-state index in [1.54, 1.807) is 6.07 Å². The molecule has 0 atom stereocenters. The predicted octanol–water partition coefficient (Wildman–Crippen LogP) is 4.35. The van der Waals surface area contributed by atoms with Crippen LogP contribution in [0.15, 0.2) is 18.2 Å². The zero-order valence-electron chi connectivity index (χ0n) is 10.0. The average Bonchev–Trinajstić information content (AvgIpc) is 2.59. The van der Waals surface area contributed by atoms with Crippen molar-refractivity contribution in [2.24, 2.45) is 5.92 Å². The van der Waals surface area contributed by atoms with Crippen molar-refractivity contribution in [2.75, 3.05) is 11.9 Å². The molecule has 0 heterocycles. The van der Waals surface area contributed by atoms with E-state index in [-0.39, 0.29) is 5.69 Å². The van der Waals surface area contributed by atoms with E-state index >= 15 is 0 Å². The van der Waals surface area contributed by atoms with E-state index in [2.05, 4.69) is 5.32 Å². The second-order valence-electron chi connectivity index (χ2n) is 4.84. The monoisotopic (exact) mass is 239 g/mol. The van der Waals surface area contributed by atoms with E-state index in [0.29, 0.717) is 5.92 Å². The quantitative estimate of drug-likeness (QED) is 0.773. The summed E-state index contributed by atoms with van der Waals surface area (Å²) in [7, 11) is 0. The van der Waals surface area contributed by atoms with Crippen LogP contribution in [0, 0.1) is 17.6 Å². The van der Waals surface area contributed by atoms with Gasteiger partial charge in [0, 0.05) is 6.54 Å². The van der Waals surface area contributed by atoms with Gasteiger partial charge in [-0.05, 0) is 30.9 Å². The highest BCUT2D eigenvalue weighted by Gasteiger charge is 2.13. The Morgan fingerprint density at radius 1 is 1.06 bits per heavy atom. The summed E-state index contributed by atoms with van der Waals surface area (Å²) in [6.07, 6.45) is 7.54. The first kappa shape index (κ1) is 12.3. The molecule has 0 aliphatic heterocycles. The van der Waals surface area contributed by atoms with E-state index in [0.717, 1.165) is 12.6 Å². The molecule has 94 valence electrons. The van der Waals surface area contributed by atoms with Crippen molar-refractivity contribution in [3.8, 4) is 0 Å². The molecule has 1 fully saturated rings. The molecule has 0 bridgehead atoms. The van der Waals surface area contributed by atoms with E-state index < -0.39 is 11.6 Å². The lowest BCUT2D eigenvalue weighted by Gasteiger charge is -2.16. The van der Waals surface area contributed by atoms with Crippen LogP contribution in [0.2, 0.25) is 0 Å². The van der Waals surface area contributed by atoms with E-state index in [1.165, 1.54) is 44.6 Å². The Bertz CT molecular complexity index is 357. The SMILES string of the molecule is Fc1cccc(NCC2CCCCCC2)c1F. The van der Waals surface area contributed by atoms with E-state index in [9.17, 15) is 8.78 Å². The van der Waals surface area contributed by atoms with Crippen LogP contribution in [-0.2, 0) is 0 Å². The topological polar surface area (TPSA) is 12.0 Å². The number of halogens is 2. The number of rotatable bonds is 3. The molecule has 17 heavy (non-hydrogen) atoms. The van der Waals surface area contributed by atoms with Gasteiger partial charge in [-0.1, -0.05) is 31.7 Å². The molecule has 0 aromatic heterocycles. The first-order chi connectivity index (χ1) is 8.27. The van der Waals surface area contributed by atoms with Crippen LogP contribution in [0.25, 0.3) is 0 Å². The molecule has 1 N–H and O–H groups in total. The number of hydrogen-bond acceptors (Lipinski definition) is 1. The van der Waals surface area contributed by atoms with Gasteiger partial charge in [0.1, 0.15) is 0 Å². The fraction of sp³-hybridized carbons (Fsp3) is 0.571. The minimum Gasteiger partial charge on any atom is -0.382 e. The highest BCUT2D eigenvalue weighted by molar-refractivity contribution is 5.44. The number of benzene rings is 1. The van der Waals surface area contributed by atoms with Gasteiger partial charge in [0.15, 0.2) is 11.6 Å². The molecule has 1 saturated carbocycles. The average molecular weight is 239 g/mol. The lowest BCUT2D eigenvalue weighted by Crippen LogP contribution is -2.14. The molecule has 0 radical (unpaired) electrons. The molecular formula is C14H19F2N. The molecule has 0 unspecified atom stereocenters. The summed E-state index contributed by atoms with van der Waals surface area (Å²) < 4.78 is 26.4. The Labute approximate surface area is 101 Å². The third-order valence-electron chi connectivity index (χ3n) is 3.51. The number of nitrogens with one attached hydrogen (secondary N) is 1. The van der Waals surface area contributed by atoms with Crippen LogP contribution in [-0.4, -0.2) is 6.54 Å². The van der Waals surface area contributed by atoms with Gasteiger partial charge in [-0.2, -0.15) is 0 Å². The van der Waals surface area contributed by atoms with Gasteiger partial charge in [0.25, 0.3) is 0 Å². The fourth-order valence-electron chi connectivity index (χ4n) is 2.46. The summed E-state index contributed by atoms with van der Waals surface area (Å²) in [5.74, 6) is -0.947. The largest absolute Gasteiger partial charge is 0.382 e. The third kappa shape index (κ3) is 3.42. The summed E-state index contributed by atoms with van der Waals surface area (Å²) in [5, 5.41) is 3.04. The minimum absolute atomic E-state index is 0.286. The minimum atomic E-state index is -0.782. The standard InChI is InChI=1S/C14H19F2N/c15-12-8-5-9-13(14(12)16)17-10-11-6-3-1-2-4-7-11/h5,8-9,11,17H,1-4,6-7,10H2. The first-order valence-corrected chi connectivity index (χ1v) is 6.45. The molecule has 0 amide bonds. The predicted molar refractivity (Wildman–Crippen MR) is 66.0 cm³/mol. The van der Waals surface area contributed by atoms with Crippen molar-refractivity contribution >= 4 is 5.69 Å². The lowest BCUT2D eigenvalue weighted by molar-refractivity contribution is 0.478. The van der Waals surface area contributed by atoms with Gasteiger partial charge in [-0.3, -0.25) is 0 Å². The fourth-order valence-corrected chi connectivity index (χ4v) is 2.46. The second-order valence-corrected chi connectivity index (χ2v) is 4.84. The number of anilines is 1. The molecule has 0 saturated heterocycles. The van der Waals surface area contributed by atoms with Crippen molar-refractivity contribution in [2.45, 2.75) is 38.5 Å². The van der Waals surface area contributed by atoms with Crippen LogP contribution in [0.4, 0.5) is 14.5 Å². The maximum absolute atomic E-state index is 13.4.